The van der Waals surface area contributed by atoms with Gasteiger partial charge in [-0.05, 0) is 42.8 Å². The van der Waals surface area contributed by atoms with Crippen LogP contribution in [0.1, 0.15) is 12.5 Å². The predicted octanol–water partition coefficient (Wildman–Crippen LogP) is 2.06. The lowest BCUT2D eigenvalue weighted by molar-refractivity contribution is -0.122. The van der Waals surface area contributed by atoms with Crippen molar-refractivity contribution in [2.24, 2.45) is 0 Å². The van der Waals surface area contributed by atoms with Crippen molar-refractivity contribution in [3.63, 3.8) is 0 Å². The van der Waals surface area contributed by atoms with Crippen LogP contribution in [0.4, 0.5) is 0 Å². The summed E-state index contributed by atoms with van der Waals surface area (Å²) in [5, 5.41) is 2.92. The molecule has 1 aliphatic heterocycles. The fourth-order valence-corrected chi connectivity index (χ4v) is 4.24. The number of hydrogen-bond donors (Lipinski definition) is 2. The van der Waals surface area contributed by atoms with E-state index in [1.54, 1.807) is 18.2 Å². The normalized spacial score (nSPS) is 13.8. The Kier molecular flexibility index (Phi) is 5.97. The van der Waals surface area contributed by atoms with Gasteiger partial charge < -0.3 is 19.5 Å². The van der Waals surface area contributed by atoms with Gasteiger partial charge in [-0.25, -0.2) is 8.42 Å². The summed E-state index contributed by atoms with van der Waals surface area (Å²) >= 11 is 5.89. The molecule has 1 aliphatic rings. The minimum absolute atomic E-state index is 0.130. The van der Waals surface area contributed by atoms with Gasteiger partial charge in [-0.2, -0.15) is 4.72 Å². The van der Waals surface area contributed by atoms with E-state index in [1.807, 2.05) is 0 Å². The van der Waals surface area contributed by atoms with Crippen LogP contribution >= 0.6 is 11.6 Å². The van der Waals surface area contributed by atoms with Crippen LogP contribution in [0, 0.1) is 0 Å². The average molecular weight is 427 g/mol. The number of ether oxygens (including phenoxy) is 3. The molecular formula is C18H19ClN2O6S. The molecule has 1 heterocycles. The number of carbonyl (C=O) groups is 1. The summed E-state index contributed by atoms with van der Waals surface area (Å²) in [7, 11) is -2.67. The Balaban J connectivity index is 1.64. The number of fused-ring (bicyclic) bond motifs is 1. The van der Waals surface area contributed by atoms with Crippen molar-refractivity contribution in [1.29, 1.82) is 0 Å². The maximum absolute atomic E-state index is 12.6. The Morgan fingerprint density at radius 3 is 2.71 bits per heavy atom. The molecule has 3 rings (SSSR count). The Morgan fingerprint density at radius 2 is 1.96 bits per heavy atom. The topological polar surface area (TPSA) is 103 Å². The number of carbonyl (C=O) groups excluding carboxylic acids is 1. The van der Waals surface area contributed by atoms with Crippen molar-refractivity contribution in [3.8, 4) is 17.2 Å². The molecule has 150 valence electrons. The molecule has 2 N–H and O–H groups in total. The molecule has 0 bridgehead atoms. The van der Waals surface area contributed by atoms with Crippen LogP contribution in [-0.2, 0) is 21.4 Å². The van der Waals surface area contributed by atoms with E-state index in [4.69, 9.17) is 25.8 Å². The Hall–Kier alpha value is -2.49. The van der Waals surface area contributed by atoms with Crippen molar-refractivity contribution in [3.05, 3.63) is 47.0 Å². The minimum Gasteiger partial charge on any atom is -0.495 e. The molecule has 8 nitrogen and oxygen atoms in total. The lowest BCUT2D eigenvalue weighted by Crippen LogP contribution is -2.44. The molecule has 0 unspecified atom stereocenters. The smallest absolute Gasteiger partial charge is 0.245 e. The molecule has 1 atom stereocenters. The number of amides is 1. The summed E-state index contributed by atoms with van der Waals surface area (Å²) in [5.41, 5.74) is 0.796. The van der Waals surface area contributed by atoms with Gasteiger partial charge in [0.1, 0.15) is 10.6 Å². The Morgan fingerprint density at radius 1 is 1.21 bits per heavy atom. The second-order valence-corrected chi connectivity index (χ2v) is 8.16. The molecule has 0 fully saturated rings. The number of methoxy groups -OCH3 is 1. The highest BCUT2D eigenvalue weighted by Crippen LogP contribution is 2.32. The van der Waals surface area contributed by atoms with Crippen LogP contribution in [0.3, 0.4) is 0 Å². The summed E-state index contributed by atoms with van der Waals surface area (Å²) < 4.78 is 43.2. The van der Waals surface area contributed by atoms with Gasteiger partial charge in [-0.15, -0.1) is 0 Å². The van der Waals surface area contributed by atoms with Crippen molar-refractivity contribution < 1.29 is 27.4 Å². The molecule has 10 heteroatoms. The summed E-state index contributed by atoms with van der Waals surface area (Å²) in [6.45, 7) is 1.82. The summed E-state index contributed by atoms with van der Waals surface area (Å²) in [5.74, 6) is 0.896. The molecule has 0 aliphatic carbocycles. The van der Waals surface area contributed by atoms with Gasteiger partial charge in [0, 0.05) is 11.6 Å². The molecule has 0 aromatic heterocycles. The zero-order chi connectivity index (χ0) is 20.3. The molecule has 0 saturated carbocycles. The van der Waals surface area contributed by atoms with Gasteiger partial charge in [0.25, 0.3) is 0 Å². The predicted molar refractivity (Wildman–Crippen MR) is 102 cm³/mol. The maximum atomic E-state index is 12.6. The quantitative estimate of drug-likeness (QED) is 0.702. The minimum atomic E-state index is -4.02. The van der Waals surface area contributed by atoms with E-state index in [0.29, 0.717) is 11.5 Å². The van der Waals surface area contributed by atoms with E-state index in [2.05, 4.69) is 10.0 Å². The van der Waals surface area contributed by atoms with E-state index in [1.165, 1.54) is 32.2 Å². The van der Waals surface area contributed by atoms with Gasteiger partial charge in [0.2, 0.25) is 22.7 Å². The molecule has 0 radical (unpaired) electrons. The van der Waals surface area contributed by atoms with Gasteiger partial charge in [0.05, 0.1) is 13.2 Å². The van der Waals surface area contributed by atoms with Crippen molar-refractivity contribution in [2.75, 3.05) is 13.9 Å². The van der Waals surface area contributed by atoms with Crippen LogP contribution in [0.2, 0.25) is 5.02 Å². The first kappa shape index (κ1) is 20.2. The fraction of sp³-hybridized carbons (Fsp3) is 0.278. The third-order valence-electron chi connectivity index (χ3n) is 4.04. The summed E-state index contributed by atoms with van der Waals surface area (Å²) in [6, 6.07) is 8.51. The maximum Gasteiger partial charge on any atom is 0.245 e. The number of benzene rings is 2. The number of hydrogen-bond acceptors (Lipinski definition) is 6. The molecule has 2 aromatic rings. The van der Waals surface area contributed by atoms with Gasteiger partial charge in [-0.1, -0.05) is 17.7 Å². The molecule has 0 spiro atoms. The average Bonchev–Trinajstić information content (AvgIpc) is 3.13. The van der Waals surface area contributed by atoms with E-state index >= 15 is 0 Å². The lowest BCUT2D eigenvalue weighted by atomic mass is 10.2. The highest BCUT2D eigenvalue weighted by Gasteiger charge is 2.25. The standard InChI is InChI=1S/C18H19ClN2O6S/c1-11(21-28(23,24)17-8-13(19)4-6-15(17)25-2)18(22)20-9-12-3-5-14-16(7-12)27-10-26-14/h3-8,11,21H,9-10H2,1-2H3,(H,20,22)/t11-/m0/s1. The molecular weight excluding hydrogens is 408 g/mol. The first-order chi connectivity index (χ1) is 13.3. The third-order valence-corrected chi connectivity index (χ3v) is 5.84. The zero-order valence-electron chi connectivity index (χ0n) is 15.2. The van der Waals surface area contributed by atoms with Crippen molar-refractivity contribution in [2.45, 2.75) is 24.4 Å². The van der Waals surface area contributed by atoms with Crippen LogP contribution in [0.5, 0.6) is 17.2 Å². The Labute approximate surface area is 167 Å². The van der Waals surface area contributed by atoms with E-state index in [-0.39, 0.29) is 29.0 Å². The van der Waals surface area contributed by atoms with Crippen LogP contribution in [0.15, 0.2) is 41.3 Å². The van der Waals surface area contributed by atoms with Crippen LogP contribution in [-0.4, -0.2) is 34.3 Å². The highest BCUT2D eigenvalue weighted by atomic mass is 35.5. The SMILES string of the molecule is COc1ccc(Cl)cc1S(=O)(=O)N[C@@H](C)C(=O)NCc1ccc2c(c1)OCO2. The van der Waals surface area contributed by atoms with Crippen molar-refractivity contribution in [1.82, 2.24) is 10.0 Å². The van der Waals surface area contributed by atoms with Crippen LogP contribution < -0.4 is 24.2 Å². The number of nitrogens with one attached hydrogen (secondary N) is 2. The van der Waals surface area contributed by atoms with Crippen LogP contribution in [0.25, 0.3) is 0 Å². The number of rotatable bonds is 7. The van der Waals surface area contributed by atoms with Gasteiger partial charge >= 0.3 is 0 Å². The third kappa shape index (κ3) is 4.49. The van der Waals surface area contributed by atoms with Crippen molar-refractivity contribution >= 4 is 27.5 Å². The largest absolute Gasteiger partial charge is 0.495 e. The monoisotopic (exact) mass is 426 g/mol. The van der Waals surface area contributed by atoms with E-state index in [0.717, 1.165) is 5.56 Å². The molecule has 0 saturated heterocycles. The fourth-order valence-electron chi connectivity index (χ4n) is 2.60. The first-order valence-corrected chi connectivity index (χ1v) is 10.2. The highest BCUT2D eigenvalue weighted by molar-refractivity contribution is 7.89. The Bertz CT molecular complexity index is 996. The number of sulfonamides is 1. The van der Waals surface area contributed by atoms with E-state index < -0.39 is 22.0 Å². The number of halogens is 1. The zero-order valence-corrected chi connectivity index (χ0v) is 16.8. The second kappa shape index (κ2) is 8.26. The molecule has 2 aromatic carbocycles. The van der Waals surface area contributed by atoms with Gasteiger partial charge in [-0.3, -0.25) is 4.79 Å². The summed E-state index contributed by atoms with van der Waals surface area (Å²) in [4.78, 5) is 12.2. The lowest BCUT2D eigenvalue weighted by Gasteiger charge is -2.16. The first-order valence-electron chi connectivity index (χ1n) is 8.32. The molecule has 28 heavy (non-hydrogen) atoms. The summed E-state index contributed by atoms with van der Waals surface area (Å²) in [6.07, 6.45) is 0. The second-order valence-electron chi connectivity index (χ2n) is 6.04. The molecule has 1 amide bonds. The van der Waals surface area contributed by atoms with E-state index in [9.17, 15) is 13.2 Å². The van der Waals surface area contributed by atoms with Gasteiger partial charge in [0.15, 0.2) is 11.5 Å².